The van der Waals surface area contributed by atoms with E-state index in [4.69, 9.17) is 4.42 Å². The van der Waals surface area contributed by atoms with E-state index < -0.39 is 0 Å². The van der Waals surface area contributed by atoms with Crippen LogP contribution < -0.4 is 10.6 Å². The van der Waals surface area contributed by atoms with Gasteiger partial charge in [0, 0.05) is 31.1 Å². The van der Waals surface area contributed by atoms with Crippen molar-refractivity contribution in [3.63, 3.8) is 0 Å². The van der Waals surface area contributed by atoms with Crippen LogP contribution in [-0.2, 0) is 24.3 Å². The Kier molecular flexibility index (Phi) is 7.36. The lowest BCUT2D eigenvalue weighted by molar-refractivity contribution is -0.130. The number of benzene rings is 2. The summed E-state index contributed by atoms with van der Waals surface area (Å²) in [4.78, 5) is 18.8. The number of fused-ring (bicyclic) bond motifs is 2. The Morgan fingerprint density at radius 2 is 1.83 bits per heavy atom. The van der Waals surface area contributed by atoms with Gasteiger partial charge in [0.15, 0.2) is 5.96 Å². The summed E-state index contributed by atoms with van der Waals surface area (Å²) in [6, 6.07) is 16.3. The Morgan fingerprint density at radius 3 is 2.60 bits per heavy atom. The fourth-order valence-corrected chi connectivity index (χ4v) is 3.76. The number of guanidine groups is 1. The van der Waals surface area contributed by atoms with Crippen molar-refractivity contribution in [1.29, 1.82) is 0 Å². The molecular formula is C23H27IN4O2. The highest BCUT2D eigenvalue weighted by Crippen LogP contribution is 2.24. The molecule has 1 aliphatic rings. The minimum atomic E-state index is 0. The minimum Gasteiger partial charge on any atom is -0.459 e. The number of amides is 1. The second-order valence-electron chi connectivity index (χ2n) is 7.26. The van der Waals surface area contributed by atoms with Crippen molar-refractivity contribution >= 4 is 46.8 Å². The summed E-state index contributed by atoms with van der Waals surface area (Å²) in [5.41, 5.74) is 4.56. The average molecular weight is 518 g/mol. The van der Waals surface area contributed by atoms with Gasteiger partial charge in [-0.1, -0.05) is 42.5 Å². The van der Waals surface area contributed by atoms with Crippen molar-refractivity contribution in [1.82, 2.24) is 15.5 Å². The molecule has 3 aromatic rings. The molecule has 1 aromatic heterocycles. The molecule has 2 aromatic carbocycles. The topological polar surface area (TPSA) is 69.9 Å². The highest BCUT2D eigenvalue weighted by Gasteiger charge is 2.20. The Balaban J connectivity index is 0.00000256. The standard InChI is InChI=1S/C23H26N4O2.HI/c1-16-19-9-5-6-10-20(19)29-21(16)13-25-23(24-2)26-14-22(28)27-12-11-17-7-3-4-8-18(17)15-27;/h3-10H,11-15H2,1-2H3,(H2,24,25,26);1H. The van der Waals surface area contributed by atoms with Gasteiger partial charge < -0.3 is 20.0 Å². The quantitative estimate of drug-likeness (QED) is 0.315. The molecule has 0 aliphatic carbocycles. The molecule has 30 heavy (non-hydrogen) atoms. The molecule has 2 N–H and O–H groups in total. The number of hydrogen-bond acceptors (Lipinski definition) is 3. The number of carbonyl (C=O) groups is 1. The second kappa shape index (κ2) is 9.97. The third kappa shape index (κ3) is 4.77. The molecule has 0 atom stereocenters. The Bertz CT molecular complexity index is 1060. The normalized spacial score (nSPS) is 13.5. The van der Waals surface area contributed by atoms with E-state index in [1.165, 1.54) is 11.1 Å². The lowest BCUT2D eigenvalue weighted by Crippen LogP contribution is -2.45. The van der Waals surface area contributed by atoms with Crippen LogP contribution in [0.4, 0.5) is 0 Å². The van der Waals surface area contributed by atoms with Gasteiger partial charge in [0.1, 0.15) is 11.3 Å². The van der Waals surface area contributed by atoms with E-state index in [0.29, 0.717) is 19.0 Å². The monoisotopic (exact) mass is 518 g/mol. The van der Waals surface area contributed by atoms with Crippen molar-refractivity contribution in [2.75, 3.05) is 20.1 Å². The smallest absolute Gasteiger partial charge is 0.242 e. The van der Waals surface area contributed by atoms with Crippen LogP contribution in [0.2, 0.25) is 0 Å². The van der Waals surface area contributed by atoms with E-state index in [1.807, 2.05) is 29.2 Å². The van der Waals surface area contributed by atoms with Gasteiger partial charge in [-0.25, -0.2) is 0 Å². The molecule has 7 heteroatoms. The molecule has 0 saturated heterocycles. The Morgan fingerprint density at radius 1 is 1.10 bits per heavy atom. The fourth-order valence-electron chi connectivity index (χ4n) is 3.76. The number of rotatable bonds is 4. The number of nitrogens with one attached hydrogen (secondary N) is 2. The number of halogens is 1. The molecule has 1 amide bonds. The summed E-state index contributed by atoms with van der Waals surface area (Å²) < 4.78 is 5.93. The summed E-state index contributed by atoms with van der Waals surface area (Å²) >= 11 is 0. The van der Waals surface area contributed by atoms with Crippen LogP contribution in [0.3, 0.4) is 0 Å². The molecule has 0 saturated carbocycles. The number of aryl methyl sites for hydroxylation is 1. The summed E-state index contributed by atoms with van der Waals surface area (Å²) in [5.74, 6) is 1.52. The van der Waals surface area contributed by atoms with Crippen molar-refractivity contribution in [3.05, 3.63) is 71.0 Å². The van der Waals surface area contributed by atoms with Gasteiger partial charge >= 0.3 is 0 Å². The molecule has 1 aliphatic heterocycles. The predicted octanol–water partition coefficient (Wildman–Crippen LogP) is 3.61. The Hall–Kier alpha value is -2.55. The van der Waals surface area contributed by atoms with E-state index in [-0.39, 0.29) is 36.4 Å². The molecule has 158 valence electrons. The van der Waals surface area contributed by atoms with Gasteiger partial charge in [0.2, 0.25) is 5.91 Å². The highest BCUT2D eigenvalue weighted by molar-refractivity contribution is 14.0. The van der Waals surface area contributed by atoms with E-state index in [1.54, 1.807) is 7.05 Å². The van der Waals surface area contributed by atoms with Crippen molar-refractivity contribution in [3.8, 4) is 0 Å². The van der Waals surface area contributed by atoms with Gasteiger partial charge in [-0.2, -0.15) is 0 Å². The molecule has 6 nitrogen and oxygen atoms in total. The van der Waals surface area contributed by atoms with Gasteiger partial charge in [0.25, 0.3) is 0 Å². The van der Waals surface area contributed by atoms with E-state index >= 15 is 0 Å². The zero-order valence-electron chi connectivity index (χ0n) is 17.3. The molecule has 0 unspecified atom stereocenters. The van der Waals surface area contributed by atoms with Crippen LogP contribution >= 0.6 is 24.0 Å². The molecule has 2 heterocycles. The SMILES string of the molecule is CN=C(NCC(=O)N1CCc2ccccc2C1)NCc1oc2ccccc2c1C.I. The van der Waals surface area contributed by atoms with Crippen molar-refractivity contribution in [2.45, 2.75) is 26.4 Å². The maximum absolute atomic E-state index is 12.6. The number of nitrogens with zero attached hydrogens (tertiary/aromatic N) is 2. The number of para-hydroxylation sites is 1. The zero-order chi connectivity index (χ0) is 20.2. The number of hydrogen-bond donors (Lipinski definition) is 2. The average Bonchev–Trinajstić information content (AvgIpc) is 3.09. The van der Waals surface area contributed by atoms with E-state index in [2.05, 4.69) is 46.8 Å². The first-order valence-corrected chi connectivity index (χ1v) is 9.92. The summed E-state index contributed by atoms with van der Waals surface area (Å²) in [6.07, 6.45) is 0.903. The molecule has 0 radical (unpaired) electrons. The predicted molar refractivity (Wildman–Crippen MR) is 130 cm³/mol. The maximum Gasteiger partial charge on any atom is 0.242 e. The lowest BCUT2D eigenvalue weighted by Gasteiger charge is -2.29. The van der Waals surface area contributed by atoms with Gasteiger partial charge in [-0.3, -0.25) is 9.79 Å². The summed E-state index contributed by atoms with van der Waals surface area (Å²) in [7, 11) is 1.70. The largest absolute Gasteiger partial charge is 0.459 e. The third-order valence-electron chi connectivity index (χ3n) is 5.47. The van der Waals surface area contributed by atoms with E-state index in [9.17, 15) is 4.79 Å². The maximum atomic E-state index is 12.6. The van der Waals surface area contributed by atoms with Gasteiger partial charge in [-0.15, -0.1) is 24.0 Å². The molecule has 0 bridgehead atoms. The van der Waals surface area contributed by atoms with E-state index in [0.717, 1.165) is 35.3 Å². The third-order valence-corrected chi connectivity index (χ3v) is 5.47. The van der Waals surface area contributed by atoms with Crippen LogP contribution in [0.15, 0.2) is 57.9 Å². The van der Waals surface area contributed by atoms with Gasteiger partial charge in [-0.05, 0) is 30.5 Å². The first-order valence-electron chi connectivity index (χ1n) is 9.92. The first-order chi connectivity index (χ1) is 14.2. The van der Waals surface area contributed by atoms with Crippen molar-refractivity contribution < 1.29 is 9.21 Å². The zero-order valence-corrected chi connectivity index (χ0v) is 19.6. The molecule has 4 rings (SSSR count). The highest BCUT2D eigenvalue weighted by atomic mass is 127. The second-order valence-corrected chi connectivity index (χ2v) is 7.26. The number of aliphatic imine (C=N–C) groups is 1. The van der Waals surface area contributed by atoms with Crippen LogP contribution in [0.5, 0.6) is 0 Å². The number of carbonyl (C=O) groups excluding carboxylic acids is 1. The Labute approximate surface area is 193 Å². The van der Waals surface area contributed by atoms with Crippen LogP contribution in [0.25, 0.3) is 11.0 Å². The minimum absolute atomic E-state index is 0. The van der Waals surface area contributed by atoms with Crippen LogP contribution in [0, 0.1) is 6.92 Å². The fraction of sp³-hybridized carbons (Fsp3) is 0.304. The summed E-state index contributed by atoms with van der Waals surface area (Å²) in [5, 5.41) is 7.47. The summed E-state index contributed by atoms with van der Waals surface area (Å²) in [6.45, 7) is 4.19. The van der Waals surface area contributed by atoms with Crippen molar-refractivity contribution in [2.24, 2.45) is 4.99 Å². The van der Waals surface area contributed by atoms with Gasteiger partial charge in [0.05, 0.1) is 13.1 Å². The number of furan rings is 1. The lowest BCUT2D eigenvalue weighted by atomic mass is 10.00. The van der Waals surface area contributed by atoms with Crippen LogP contribution in [0.1, 0.15) is 22.5 Å². The molecular weight excluding hydrogens is 491 g/mol. The first kappa shape index (κ1) is 22.1. The van der Waals surface area contributed by atoms with Crippen LogP contribution in [-0.4, -0.2) is 36.9 Å². The molecule has 0 spiro atoms. The molecule has 0 fully saturated rings.